The summed E-state index contributed by atoms with van der Waals surface area (Å²) in [5.41, 5.74) is 1.61. The van der Waals surface area contributed by atoms with E-state index in [1.54, 1.807) is 18.5 Å². The number of fused-ring (bicyclic) bond motifs is 1. The maximum absolute atomic E-state index is 11.2. The first-order chi connectivity index (χ1) is 9.65. The molecule has 1 N–H and O–H groups in total. The minimum atomic E-state index is -0.950. The molecule has 1 fully saturated rings. The van der Waals surface area contributed by atoms with Gasteiger partial charge in [0.15, 0.2) is 0 Å². The molecule has 106 valence electrons. The van der Waals surface area contributed by atoms with Crippen molar-refractivity contribution in [2.24, 2.45) is 0 Å². The number of morpholine rings is 1. The van der Waals surface area contributed by atoms with E-state index in [1.807, 2.05) is 10.6 Å². The zero-order chi connectivity index (χ0) is 14.1. The van der Waals surface area contributed by atoms with Crippen LogP contribution in [0.5, 0.6) is 0 Å². The maximum Gasteiger partial charge on any atom is 0.337 e. The number of aromatic nitrogens is 2. The molecule has 3 rings (SSSR count). The Morgan fingerprint density at radius 1 is 1.55 bits per heavy atom. The van der Waals surface area contributed by atoms with Crippen LogP contribution in [0.3, 0.4) is 0 Å². The average Bonchev–Trinajstić information content (AvgIpc) is 2.82. The average molecular weight is 275 g/mol. The normalized spacial score (nSPS) is 20.4. The third-order valence-corrected chi connectivity index (χ3v) is 3.62. The van der Waals surface area contributed by atoms with Gasteiger partial charge in [-0.2, -0.15) is 0 Å². The van der Waals surface area contributed by atoms with Crippen molar-refractivity contribution < 1.29 is 14.6 Å². The fraction of sp³-hybridized carbons (Fsp3) is 0.429. The first-order valence-corrected chi connectivity index (χ1v) is 6.62. The standard InChI is InChI=1S/C14H17N3O3/c1-16-5-6-20-10(7-16)8-17-9-15-13-11(14(18)19)3-2-4-12(13)17/h2-4,9-10H,5-8H2,1H3,(H,18,19). The highest BCUT2D eigenvalue weighted by Gasteiger charge is 2.20. The SMILES string of the molecule is CN1CCOC(Cn2cnc3c(C(=O)O)cccc32)C1. The van der Waals surface area contributed by atoms with E-state index in [2.05, 4.69) is 16.9 Å². The molecule has 1 aromatic carbocycles. The fourth-order valence-corrected chi connectivity index (χ4v) is 2.60. The van der Waals surface area contributed by atoms with Crippen molar-refractivity contribution in [2.45, 2.75) is 12.6 Å². The van der Waals surface area contributed by atoms with Crippen LogP contribution in [0.1, 0.15) is 10.4 Å². The Labute approximate surface area is 116 Å². The number of ether oxygens (including phenoxy) is 1. The first kappa shape index (κ1) is 13.1. The van der Waals surface area contributed by atoms with E-state index < -0.39 is 5.97 Å². The van der Waals surface area contributed by atoms with E-state index in [0.717, 1.165) is 25.2 Å². The van der Waals surface area contributed by atoms with Gasteiger partial charge in [0, 0.05) is 13.1 Å². The van der Waals surface area contributed by atoms with Crippen LogP contribution in [0.2, 0.25) is 0 Å². The van der Waals surface area contributed by atoms with Crippen molar-refractivity contribution in [3.05, 3.63) is 30.1 Å². The molecular formula is C14H17N3O3. The summed E-state index contributed by atoms with van der Waals surface area (Å²) in [7, 11) is 2.07. The Morgan fingerprint density at radius 3 is 3.15 bits per heavy atom. The molecule has 0 amide bonds. The Hall–Kier alpha value is -1.92. The van der Waals surface area contributed by atoms with E-state index in [1.165, 1.54) is 0 Å². The number of aromatic carboxylic acids is 1. The highest BCUT2D eigenvalue weighted by Crippen LogP contribution is 2.19. The smallest absolute Gasteiger partial charge is 0.337 e. The molecule has 2 heterocycles. The monoisotopic (exact) mass is 275 g/mol. The molecule has 2 aromatic rings. The summed E-state index contributed by atoms with van der Waals surface area (Å²) >= 11 is 0. The number of hydrogen-bond acceptors (Lipinski definition) is 4. The highest BCUT2D eigenvalue weighted by atomic mass is 16.5. The Bertz CT molecular complexity index is 638. The van der Waals surface area contributed by atoms with Crippen LogP contribution in [0.15, 0.2) is 24.5 Å². The van der Waals surface area contributed by atoms with Crippen LogP contribution in [-0.2, 0) is 11.3 Å². The predicted molar refractivity (Wildman–Crippen MR) is 73.9 cm³/mol. The van der Waals surface area contributed by atoms with Gasteiger partial charge in [0.1, 0.15) is 5.52 Å². The molecule has 0 radical (unpaired) electrons. The van der Waals surface area contributed by atoms with Gasteiger partial charge in [0.05, 0.1) is 36.7 Å². The van der Waals surface area contributed by atoms with Crippen molar-refractivity contribution in [3.8, 4) is 0 Å². The van der Waals surface area contributed by atoms with E-state index in [4.69, 9.17) is 9.84 Å². The van der Waals surface area contributed by atoms with Crippen LogP contribution in [0.25, 0.3) is 11.0 Å². The lowest BCUT2D eigenvalue weighted by Crippen LogP contribution is -2.41. The van der Waals surface area contributed by atoms with E-state index >= 15 is 0 Å². The number of benzene rings is 1. The maximum atomic E-state index is 11.2. The summed E-state index contributed by atoms with van der Waals surface area (Å²) in [4.78, 5) is 17.6. The quantitative estimate of drug-likeness (QED) is 0.907. The van der Waals surface area contributed by atoms with Crippen LogP contribution < -0.4 is 0 Å². The summed E-state index contributed by atoms with van der Waals surface area (Å²) in [5.74, 6) is -0.950. The molecule has 6 heteroatoms. The third kappa shape index (κ3) is 2.39. The van der Waals surface area contributed by atoms with Crippen molar-refractivity contribution in [3.63, 3.8) is 0 Å². The molecular weight excluding hydrogens is 258 g/mol. The zero-order valence-corrected chi connectivity index (χ0v) is 11.3. The van der Waals surface area contributed by atoms with Gasteiger partial charge in [-0.15, -0.1) is 0 Å². The topological polar surface area (TPSA) is 67.6 Å². The number of imidazole rings is 1. The second kappa shape index (κ2) is 5.22. The summed E-state index contributed by atoms with van der Waals surface area (Å²) < 4.78 is 7.71. The van der Waals surface area contributed by atoms with Gasteiger partial charge < -0.3 is 19.3 Å². The minimum Gasteiger partial charge on any atom is -0.478 e. The van der Waals surface area contributed by atoms with Crippen LogP contribution in [-0.4, -0.2) is 58.4 Å². The van der Waals surface area contributed by atoms with Crippen molar-refractivity contribution in [2.75, 3.05) is 26.7 Å². The molecule has 0 bridgehead atoms. The second-order valence-corrected chi connectivity index (χ2v) is 5.13. The molecule has 1 saturated heterocycles. The summed E-state index contributed by atoms with van der Waals surface area (Å²) in [6.45, 7) is 3.24. The number of carboxylic acid groups (broad SMARTS) is 1. The van der Waals surface area contributed by atoms with E-state index in [9.17, 15) is 4.79 Å². The van der Waals surface area contributed by atoms with Gasteiger partial charge >= 0.3 is 5.97 Å². The molecule has 6 nitrogen and oxygen atoms in total. The summed E-state index contributed by atoms with van der Waals surface area (Å²) in [6, 6.07) is 5.21. The van der Waals surface area contributed by atoms with Crippen LogP contribution >= 0.6 is 0 Å². The minimum absolute atomic E-state index is 0.111. The van der Waals surface area contributed by atoms with E-state index in [-0.39, 0.29) is 11.7 Å². The number of nitrogens with zero attached hydrogens (tertiary/aromatic N) is 3. The second-order valence-electron chi connectivity index (χ2n) is 5.13. The van der Waals surface area contributed by atoms with Gasteiger partial charge in [0.2, 0.25) is 0 Å². The Balaban J connectivity index is 1.89. The van der Waals surface area contributed by atoms with Crippen molar-refractivity contribution in [1.82, 2.24) is 14.5 Å². The highest BCUT2D eigenvalue weighted by molar-refractivity contribution is 6.00. The lowest BCUT2D eigenvalue weighted by Gasteiger charge is -2.30. The molecule has 1 aliphatic heterocycles. The zero-order valence-electron chi connectivity index (χ0n) is 11.3. The first-order valence-electron chi connectivity index (χ1n) is 6.62. The lowest BCUT2D eigenvalue weighted by atomic mass is 10.2. The molecule has 1 aliphatic rings. The predicted octanol–water partition coefficient (Wildman–Crippen LogP) is 1.07. The molecule has 1 unspecified atom stereocenters. The van der Waals surface area contributed by atoms with Gasteiger partial charge in [-0.05, 0) is 19.2 Å². The molecule has 1 aromatic heterocycles. The van der Waals surface area contributed by atoms with Gasteiger partial charge in [0.25, 0.3) is 0 Å². The number of carboxylic acids is 1. The van der Waals surface area contributed by atoms with Gasteiger partial charge in [-0.3, -0.25) is 0 Å². The van der Waals surface area contributed by atoms with Crippen LogP contribution in [0.4, 0.5) is 0 Å². The molecule has 0 spiro atoms. The third-order valence-electron chi connectivity index (χ3n) is 3.62. The van der Waals surface area contributed by atoms with Gasteiger partial charge in [-0.1, -0.05) is 6.07 Å². The summed E-state index contributed by atoms with van der Waals surface area (Å²) in [5, 5.41) is 9.17. The number of carbonyl (C=O) groups is 1. The number of rotatable bonds is 3. The largest absolute Gasteiger partial charge is 0.478 e. The molecule has 0 saturated carbocycles. The van der Waals surface area contributed by atoms with Gasteiger partial charge in [-0.25, -0.2) is 9.78 Å². The summed E-state index contributed by atoms with van der Waals surface area (Å²) in [6.07, 6.45) is 1.80. The number of hydrogen-bond donors (Lipinski definition) is 1. The number of para-hydroxylation sites is 1. The Morgan fingerprint density at radius 2 is 2.40 bits per heavy atom. The lowest BCUT2D eigenvalue weighted by molar-refractivity contribution is -0.0269. The molecule has 0 aliphatic carbocycles. The van der Waals surface area contributed by atoms with Crippen molar-refractivity contribution in [1.29, 1.82) is 0 Å². The van der Waals surface area contributed by atoms with E-state index in [0.29, 0.717) is 12.1 Å². The Kier molecular flexibility index (Phi) is 3.42. The van der Waals surface area contributed by atoms with Crippen molar-refractivity contribution >= 4 is 17.0 Å². The molecule has 1 atom stereocenters. The molecule has 20 heavy (non-hydrogen) atoms. The van der Waals surface area contributed by atoms with Crippen LogP contribution in [0, 0.1) is 0 Å². The number of likely N-dealkylation sites (N-methyl/N-ethyl adjacent to an activating group) is 1. The fourth-order valence-electron chi connectivity index (χ4n) is 2.60.